The first-order valence-electron chi connectivity index (χ1n) is 11.8. The van der Waals surface area contributed by atoms with Crippen molar-refractivity contribution in [2.75, 3.05) is 13.7 Å². The van der Waals surface area contributed by atoms with Crippen molar-refractivity contribution >= 4 is 0 Å². The Bertz CT molecular complexity index is 685. The molecule has 2 aliphatic rings. The predicted molar refractivity (Wildman–Crippen MR) is 112 cm³/mol. The smallest absolute Gasteiger partial charge is 0.384 e. The average Bonchev–Trinajstić information content (AvgIpc) is 2.78. The standard InChI is InChI=1S/C25H34F6O/c1-32-16-19-6-12-21(13-7-19)20-10-4-17(5-11-20)2-3-18-8-14-22(15-9-18)24(27,28)23(26)25(29,30)31/h8-9,14-15,17,19-21,23H,2-7,10-13,16H2,1H3. The molecule has 0 radical (unpaired) electrons. The largest absolute Gasteiger partial charge is 0.426 e. The number of rotatable bonds is 8. The molecule has 2 aliphatic carbocycles. The monoisotopic (exact) mass is 464 g/mol. The quantitative estimate of drug-likeness (QED) is 0.356. The molecule has 0 spiro atoms. The molecule has 0 bridgehead atoms. The summed E-state index contributed by atoms with van der Waals surface area (Å²) in [5.74, 6) is -1.65. The molecule has 0 aromatic heterocycles. The summed E-state index contributed by atoms with van der Waals surface area (Å²) in [6.07, 6.45) is 1.80. The lowest BCUT2D eigenvalue weighted by Gasteiger charge is -2.37. The van der Waals surface area contributed by atoms with Crippen LogP contribution in [0, 0.1) is 23.7 Å². The van der Waals surface area contributed by atoms with Crippen molar-refractivity contribution in [3.8, 4) is 0 Å². The van der Waals surface area contributed by atoms with E-state index in [-0.39, 0.29) is 0 Å². The van der Waals surface area contributed by atoms with E-state index in [1.54, 1.807) is 7.11 Å². The molecule has 0 amide bonds. The topological polar surface area (TPSA) is 9.23 Å². The van der Waals surface area contributed by atoms with Crippen LogP contribution in [0.15, 0.2) is 24.3 Å². The molecule has 2 fully saturated rings. The zero-order valence-corrected chi connectivity index (χ0v) is 18.7. The summed E-state index contributed by atoms with van der Waals surface area (Å²) in [6, 6.07) is 4.64. The van der Waals surface area contributed by atoms with Crippen molar-refractivity contribution in [1.29, 1.82) is 0 Å². The highest BCUT2D eigenvalue weighted by molar-refractivity contribution is 5.27. The van der Waals surface area contributed by atoms with Crippen LogP contribution in [0.5, 0.6) is 0 Å². The van der Waals surface area contributed by atoms with E-state index in [9.17, 15) is 26.3 Å². The maximum atomic E-state index is 13.8. The molecule has 0 aliphatic heterocycles. The summed E-state index contributed by atoms with van der Waals surface area (Å²) in [4.78, 5) is 0. The first-order chi connectivity index (χ1) is 15.1. The third-order valence-corrected chi connectivity index (χ3v) is 7.64. The molecule has 0 heterocycles. The number of hydrogen-bond acceptors (Lipinski definition) is 1. The van der Waals surface area contributed by atoms with Gasteiger partial charge in [-0.3, -0.25) is 0 Å². The Hall–Kier alpha value is -1.24. The second-order valence-electron chi connectivity index (χ2n) is 9.78. The van der Waals surface area contributed by atoms with Crippen molar-refractivity contribution in [1.82, 2.24) is 0 Å². The molecular weight excluding hydrogens is 430 g/mol. The lowest BCUT2D eigenvalue weighted by atomic mass is 9.69. The van der Waals surface area contributed by atoms with Crippen LogP contribution in [0.25, 0.3) is 0 Å². The molecule has 1 nitrogen and oxygen atoms in total. The van der Waals surface area contributed by atoms with Gasteiger partial charge in [-0.2, -0.15) is 22.0 Å². The normalized spacial score (nSPS) is 28.5. The lowest BCUT2D eigenvalue weighted by molar-refractivity contribution is -0.248. The van der Waals surface area contributed by atoms with Crippen LogP contribution in [-0.2, 0) is 17.1 Å². The summed E-state index contributed by atoms with van der Waals surface area (Å²) >= 11 is 0. The minimum absolute atomic E-state index is 0.595. The van der Waals surface area contributed by atoms with Gasteiger partial charge in [-0.1, -0.05) is 37.1 Å². The second-order valence-corrected chi connectivity index (χ2v) is 9.78. The van der Waals surface area contributed by atoms with Crippen molar-refractivity contribution in [3.05, 3.63) is 35.4 Å². The summed E-state index contributed by atoms with van der Waals surface area (Å²) < 4.78 is 83.2. The number of methoxy groups -OCH3 is 1. The Labute approximate surface area is 186 Å². The van der Waals surface area contributed by atoms with Gasteiger partial charge in [0.05, 0.1) is 0 Å². The van der Waals surface area contributed by atoms with Crippen LogP contribution in [0.4, 0.5) is 26.3 Å². The number of halogens is 6. The number of benzene rings is 1. The third kappa shape index (κ3) is 6.42. The van der Waals surface area contributed by atoms with Crippen molar-refractivity contribution in [2.24, 2.45) is 23.7 Å². The molecular formula is C25H34F6O. The van der Waals surface area contributed by atoms with E-state index in [0.29, 0.717) is 18.3 Å². The molecule has 1 aromatic carbocycles. The fourth-order valence-corrected chi connectivity index (χ4v) is 5.63. The van der Waals surface area contributed by atoms with Crippen molar-refractivity contribution in [3.63, 3.8) is 0 Å². The van der Waals surface area contributed by atoms with Gasteiger partial charge in [0.15, 0.2) is 0 Å². The van der Waals surface area contributed by atoms with E-state index < -0.39 is 23.8 Å². The maximum Gasteiger partial charge on any atom is 0.426 e. The zero-order valence-electron chi connectivity index (χ0n) is 18.7. The molecule has 1 atom stereocenters. The Balaban J connectivity index is 1.42. The molecule has 182 valence electrons. The van der Waals surface area contributed by atoms with Crippen LogP contribution in [-0.4, -0.2) is 26.1 Å². The van der Waals surface area contributed by atoms with Gasteiger partial charge >= 0.3 is 12.1 Å². The Morgan fingerprint density at radius 2 is 1.31 bits per heavy atom. The first-order valence-corrected chi connectivity index (χ1v) is 11.8. The van der Waals surface area contributed by atoms with E-state index in [2.05, 4.69) is 0 Å². The highest BCUT2D eigenvalue weighted by atomic mass is 19.4. The van der Waals surface area contributed by atoms with Gasteiger partial charge in [0, 0.05) is 19.3 Å². The fourth-order valence-electron chi connectivity index (χ4n) is 5.63. The van der Waals surface area contributed by atoms with Crippen LogP contribution < -0.4 is 0 Å². The van der Waals surface area contributed by atoms with Gasteiger partial charge < -0.3 is 4.74 Å². The van der Waals surface area contributed by atoms with Gasteiger partial charge in [-0.05, 0) is 80.6 Å². The highest BCUT2D eigenvalue weighted by Gasteiger charge is 2.57. The highest BCUT2D eigenvalue weighted by Crippen LogP contribution is 2.43. The van der Waals surface area contributed by atoms with E-state index in [1.807, 2.05) is 0 Å². The maximum absolute atomic E-state index is 13.8. The summed E-state index contributed by atoms with van der Waals surface area (Å²) in [5.41, 5.74) is -0.141. The number of ether oxygens (including phenoxy) is 1. The van der Waals surface area contributed by atoms with Crippen LogP contribution in [0.1, 0.15) is 68.9 Å². The third-order valence-electron chi connectivity index (χ3n) is 7.64. The molecule has 32 heavy (non-hydrogen) atoms. The van der Waals surface area contributed by atoms with Gasteiger partial charge in [0.2, 0.25) is 0 Å². The van der Waals surface area contributed by atoms with Crippen LogP contribution in [0.3, 0.4) is 0 Å². The molecule has 0 saturated heterocycles. The Morgan fingerprint density at radius 3 is 1.78 bits per heavy atom. The minimum atomic E-state index is -5.59. The minimum Gasteiger partial charge on any atom is -0.384 e. The van der Waals surface area contributed by atoms with Crippen LogP contribution in [0.2, 0.25) is 0 Å². The van der Waals surface area contributed by atoms with Crippen molar-refractivity contribution < 1.29 is 31.1 Å². The Morgan fingerprint density at radius 1 is 0.812 bits per heavy atom. The molecule has 3 rings (SSSR count). The molecule has 7 heteroatoms. The SMILES string of the molecule is COCC1CCC(C2CCC(CCc3ccc(C(F)(F)C(F)C(F)(F)F)cc3)CC2)CC1. The fraction of sp³-hybridized carbons (Fsp3) is 0.760. The summed E-state index contributed by atoms with van der Waals surface area (Å²) in [5, 5.41) is 0. The molecule has 2 saturated carbocycles. The average molecular weight is 465 g/mol. The zero-order chi connectivity index (χ0) is 23.4. The van der Waals surface area contributed by atoms with Gasteiger partial charge in [-0.15, -0.1) is 0 Å². The molecule has 0 N–H and O–H groups in total. The molecule has 1 unspecified atom stereocenters. The number of hydrogen-bond donors (Lipinski definition) is 0. The van der Waals surface area contributed by atoms with E-state index >= 15 is 0 Å². The summed E-state index contributed by atoms with van der Waals surface area (Å²) in [6.45, 7) is 0.870. The Kier molecular flexibility index (Phi) is 8.56. The van der Waals surface area contributed by atoms with E-state index in [4.69, 9.17) is 4.74 Å². The first kappa shape index (κ1) is 25.4. The van der Waals surface area contributed by atoms with Gasteiger partial charge in [-0.25, -0.2) is 4.39 Å². The van der Waals surface area contributed by atoms with E-state index in [0.717, 1.165) is 42.6 Å². The second kappa shape index (κ2) is 10.8. The van der Waals surface area contributed by atoms with Crippen molar-refractivity contribution in [2.45, 2.75) is 82.5 Å². The molecule has 1 aromatic rings. The number of aryl methyl sites for hydroxylation is 1. The lowest BCUT2D eigenvalue weighted by Crippen LogP contribution is -2.39. The summed E-state index contributed by atoms with van der Waals surface area (Å²) in [7, 11) is 1.77. The van der Waals surface area contributed by atoms with Crippen LogP contribution >= 0.6 is 0 Å². The van der Waals surface area contributed by atoms with Gasteiger partial charge in [0.1, 0.15) is 0 Å². The van der Waals surface area contributed by atoms with E-state index in [1.165, 1.54) is 63.5 Å². The van der Waals surface area contributed by atoms with Gasteiger partial charge in [0.25, 0.3) is 6.17 Å². The predicted octanol–water partition coefficient (Wildman–Crippen LogP) is 7.87. The number of alkyl halides is 6.